The van der Waals surface area contributed by atoms with Gasteiger partial charge in [-0.1, -0.05) is 0 Å². The zero-order valence-corrected chi connectivity index (χ0v) is 11.9. The van der Waals surface area contributed by atoms with Crippen molar-refractivity contribution in [3.63, 3.8) is 0 Å². The summed E-state index contributed by atoms with van der Waals surface area (Å²) >= 11 is 1.98. The molecule has 0 aromatic heterocycles. The van der Waals surface area contributed by atoms with Gasteiger partial charge in [0.25, 0.3) is 5.69 Å². The van der Waals surface area contributed by atoms with Gasteiger partial charge in [-0.15, -0.1) is 0 Å². The second-order valence-electron chi connectivity index (χ2n) is 4.48. The van der Waals surface area contributed by atoms with Gasteiger partial charge in [-0.2, -0.15) is 17.0 Å². The number of hydrogen-bond donors (Lipinski definition) is 1. The Bertz CT molecular complexity index is 524. The molecule has 0 radical (unpaired) electrons. The highest BCUT2D eigenvalue weighted by Crippen LogP contribution is 2.21. The van der Waals surface area contributed by atoms with E-state index in [9.17, 15) is 10.1 Å². The second-order valence-corrected chi connectivity index (χ2v) is 5.71. The van der Waals surface area contributed by atoms with E-state index in [4.69, 9.17) is 5.26 Å². The van der Waals surface area contributed by atoms with Gasteiger partial charge in [-0.3, -0.25) is 15.0 Å². The summed E-state index contributed by atoms with van der Waals surface area (Å²) in [4.78, 5) is 12.6. The van der Waals surface area contributed by atoms with Crippen molar-refractivity contribution in [1.29, 1.82) is 5.26 Å². The Balaban J connectivity index is 1.90. The van der Waals surface area contributed by atoms with E-state index in [1.165, 1.54) is 23.6 Å². The maximum atomic E-state index is 10.7. The molecule has 1 heterocycles. The van der Waals surface area contributed by atoms with E-state index in [-0.39, 0.29) is 11.3 Å². The van der Waals surface area contributed by atoms with E-state index >= 15 is 0 Å². The molecule has 7 heteroatoms. The van der Waals surface area contributed by atoms with E-state index in [1.54, 1.807) is 6.07 Å². The quantitative estimate of drug-likeness (QED) is 0.659. The third-order valence-electron chi connectivity index (χ3n) is 3.17. The second kappa shape index (κ2) is 7.12. The van der Waals surface area contributed by atoms with Crippen LogP contribution in [0.3, 0.4) is 0 Å². The minimum atomic E-state index is -0.534. The molecule has 0 amide bonds. The summed E-state index contributed by atoms with van der Waals surface area (Å²) in [6.07, 6.45) is 0. The van der Waals surface area contributed by atoms with Gasteiger partial charge in [0.15, 0.2) is 0 Å². The SMILES string of the molecule is N#Cc1cc(NCCN2CCSCC2)ccc1[N+](=O)[O-]. The largest absolute Gasteiger partial charge is 0.384 e. The maximum absolute atomic E-state index is 10.7. The van der Waals surface area contributed by atoms with Crippen molar-refractivity contribution in [2.75, 3.05) is 43.0 Å². The molecule has 1 aliphatic rings. The Morgan fingerprint density at radius 1 is 1.45 bits per heavy atom. The van der Waals surface area contributed by atoms with E-state index in [1.807, 2.05) is 17.8 Å². The molecule has 1 N–H and O–H groups in total. The number of nitrogens with zero attached hydrogens (tertiary/aromatic N) is 3. The van der Waals surface area contributed by atoms with Gasteiger partial charge in [-0.05, 0) is 12.1 Å². The van der Waals surface area contributed by atoms with Crippen LogP contribution in [-0.4, -0.2) is 47.5 Å². The van der Waals surface area contributed by atoms with Crippen LogP contribution in [0.5, 0.6) is 0 Å². The Labute approximate surface area is 121 Å². The maximum Gasteiger partial charge on any atom is 0.287 e. The summed E-state index contributed by atoms with van der Waals surface area (Å²) in [6, 6.07) is 6.41. The number of rotatable bonds is 5. The lowest BCUT2D eigenvalue weighted by Crippen LogP contribution is -2.36. The molecule has 6 nitrogen and oxygen atoms in total. The summed E-state index contributed by atoms with van der Waals surface area (Å²) in [7, 11) is 0. The molecular weight excluding hydrogens is 276 g/mol. The van der Waals surface area contributed by atoms with Crippen molar-refractivity contribution in [1.82, 2.24) is 4.90 Å². The fourth-order valence-corrected chi connectivity index (χ4v) is 3.06. The fraction of sp³-hybridized carbons (Fsp3) is 0.462. The van der Waals surface area contributed by atoms with Crippen molar-refractivity contribution in [2.45, 2.75) is 0 Å². The smallest absolute Gasteiger partial charge is 0.287 e. The first-order chi connectivity index (χ1) is 9.70. The van der Waals surface area contributed by atoms with E-state index in [0.29, 0.717) is 0 Å². The van der Waals surface area contributed by atoms with Crippen molar-refractivity contribution in [3.05, 3.63) is 33.9 Å². The predicted octanol–water partition coefficient (Wildman–Crippen LogP) is 1.93. The molecule has 106 valence electrons. The molecule has 0 atom stereocenters. The number of anilines is 1. The molecule has 0 unspecified atom stereocenters. The van der Waals surface area contributed by atoms with E-state index in [2.05, 4.69) is 10.2 Å². The number of thioether (sulfide) groups is 1. The molecule has 0 bridgehead atoms. The van der Waals surface area contributed by atoms with Crippen LogP contribution >= 0.6 is 11.8 Å². The van der Waals surface area contributed by atoms with Crippen molar-refractivity contribution in [3.8, 4) is 6.07 Å². The highest BCUT2D eigenvalue weighted by atomic mass is 32.2. The molecule has 2 rings (SSSR count). The normalized spacial score (nSPS) is 15.6. The van der Waals surface area contributed by atoms with Gasteiger partial charge in [0.2, 0.25) is 0 Å². The number of benzene rings is 1. The van der Waals surface area contributed by atoms with Crippen LogP contribution in [0.4, 0.5) is 11.4 Å². The van der Waals surface area contributed by atoms with Gasteiger partial charge in [0.05, 0.1) is 4.92 Å². The van der Waals surface area contributed by atoms with Crippen LogP contribution in [0.25, 0.3) is 0 Å². The number of nitro groups is 1. The number of nitriles is 1. The molecule has 1 saturated heterocycles. The zero-order valence-electron chi connectivity index (χ0n) is 11.0. The first kappa shape index (κ1) is 14.6. The summed E-state index contributed by atoms with van der Waals surface area (Å²) < 4.78 is 0. The average Bonchev–Trinajstić information content (AvgIpc) is 2.48. The minimum absolute atomic E-state index is 0.0920. The van der Waals surface area contributed by atoms with Crippen molar-refractivity contribution >= 4 is 23.1 Å². The lowest BCUT2D eigenvalue weighted by atomic mass is 10.2. The predicted molar refractivity (Wildman–Crippen MR) is 80.1 cm³/mol. The molecular formula is C13H16N4O2S. The lowest BCUT2D eigenvalue weighted by Gasteiger charge is -2.26. The van der Waals surface area contributed by atoms with Gasteiger partial charge < -0.3 is 5.32 Å². The molecule has 0 saturated carbocycles. The Kier molecular flexibility index (Phi) is 5.21. The van der Waals surface area contributed by atoms with Crippen LogP contribution < -0.4 is 5.32 Å². The van der Waals surface area contributed by atoms with Crippen LogP contribution in [0, 0.1) is 21.4 Å². The summed E-state index contributed by atoms with van der Waals surface area (Å²) in [5, 5.41) is 22.9. The Morgan fingerprint density at radius 3 is 2.85 bits per heavy atom. The third-order valence-corrected chi connectivity index (χ3v) is 4.12. The van der Waals surface area contributed by atoms with Gasteiger partial charge in [0.1, 0.15) is 11.6 Å². The first-order valence-electron chi connectivity index (χ1n) is 6.43. The highest BCUT2D eigenvalue weighted by molar-refractivity contribution is 7.99. The third kappa shape index (κ3) is 3.85. The van der Waals surface area contributed by atoms with Gasteiger partial charge in [0, 0.05) is 49.4 Å². The molecule has 0 spiro atoms. The zero-order chi connectivity index (χ0) is 14.4. The summed E-state index contributed by atoms with van der Waals surface area (Å²) in [5.41, 5.74) is 0.694. The monoisotopic (exact) mass is 292 g/mol. The van der Waals surface area contributed by atoms with Crippen LogP contribution in [-0.2, 0) is 0 Å². The molecule has 0 aliphatic carbocycles. The fourth-order valence-electron chi connectivity index (χ4n) is 2.08. The molecule has 1 aromatic carbocycles. The van der Waals surface area contributed by atoms with Crippen LogP contribution in [0.2, 0.25) is 0 Å². The van der Waals surface area contributed by atoms with Crippen molar-refractivity contribution in [2.24, 2.45) is 0 Å². The molecule has 1 aromatic rings. The summed E-state index contributed by atoms with van der Waals surface area (Å²) in [6.45, 7) is 3.93. The Hall–Kier alpha value is -1.78. The summed E-state index contributed by atoms with van der Waals surface area (Å²) in [5.74, 6) is 2.35. The highest BCUT2D eigenvalue weighted by Gasteiger charge is 2.14. The molecule has 1 fully saturated rings. The van der Waals surface area contributed by atoms with Gasteiger partial charge >= 0.3 is 0 Å². The lowest BCUT2D eigenvalue weighted by molar-refractivity contribution is -0.385. The van der Waals surface area contributed by atoms with Crippen LogP contribution in [0.1, 0.15) is 5.56 Å². The van der Waals surface area contributed by atoms with Gasteiger partial charge in [-0.25, -0.2) is 0 Å². The number of nitro benzene ring substituents is 1. The number of nitrogens with one attached hydrogen (secondary N) is 1. The topological polar surface area (TPSA) is 82.2 Å². The molecule has 1 aliphatic heterocycles. The van der Waals surface area contributed by atoms with Crippen molar-refractivity contribution < 1.29 is 4.92 Å². The molecule has 20 heavy (non-hydrogen) atoms. The van der Waals surface area contributed by atoms with E-state index in [0.717, 1.165) is 31.9 Å². The van der Waals surface area contributed by atoms with E-state index < -0.39 is 4.92 Å². The Morgan fingerprint density at radius 2 is 2.20 bits per heavy atom. The standard InChI is InChI=1S/C13H16N4O2S/c14-10-11-9-12(1-2-13(11)17(18)19)15-3-4-16-5-7-20-8-6-16/h1-2,9,15H,3-8H2. The first-order valence-corrected chi connectivity index (χ1v) is 7.58. The minimum Gasteiger partial charge on any atom is -0.384 e. The number of hydrogen-bond acceptors (Lipinski definition) is 6. The van der Waals surface area contributed by atoms with Crippen LogP contribution in [0.15, 0.2) is 18.2 Å². The average molecular weight is 292 g/mol.